The first-order valence-electron chi connectivity index (χ1n) is 9.26. The van der Waals surface area contributed by atoms with E-state index in [0.717, 1.165) is 30.6 Å². The second-order valence-electron chi connectivity index (χ2n) is 6.77. The van der Waals surface area contributed by atoms with Gasteiger partial charge in [0.25, 0.3) is 11.8 Å². The van der Waals surface area contributed by atoms with Gasteiger partial charge in [-0.3, -0.25) is 9.59 Å². The molecule has 2 N–H and O–H groups in total. The molecular formula is C21H22N2O4. The zero-order valence-corrected chi connectivity index (χ0v) is 14.9. The third-order valence-corrected chi connectivity index (χ3v) is 4.88. The summed E-state index contributed by atoms with van der Waals surface area (Å²) < 4.78 is 11.0. The molecule has 2 atom stereocenters. The number of rotatable bonds is 4. The number of anilines is 1. The van der Waals surface area contributed by atoms with Crippen LogP contribution in [0.1, 0.15) is 41.2 Å². The van der Waals surface area contributed by atoms with Gasteiger partial charge in [0.05, 0.1) is 12.6 Å². The van der Waals surface area contributed by atoms with Crippen LogP contribution in [-0.2, 0) is 9.53 Å². The third kappa shape index (κ3) is 3.95. The monoisotopic (exact) mass is 366 g/mol. The summed E-state index contributed by atoms with van der Waals surface area (Å²) in [5.41, 5.74) is 2.08. The highest BCUT2D eigenvalue weighted by atomic mass is 16.5. The van der Waals surface area contributed by atoms with Crippen molar-refractivity contribution in [3.05, 3.63) is 59.7 Å². The number of nitrogens with one attached hydrogen (secondary N) is 2. The Morgan fingerprint density at radius 2 is 1.89 bits per heavy atom. The van der Waals surface area contributed by atoms with Crippen LogP contribution >= 0.6 is 0 Å². The van der Waals surface area contributed by atoms with E-state index >= 15 is 0 Å². The highest BCUT2D eigenvalue weighted by Gasteiger charge is 2.25. The van der Waals surface area contributed by atoms with Crippen LogP contribution in [0, 0.1) is 0 Å². The molecule has 140 valence electrons. The lowest BCUT2D eigenvalue weighted by atomic mass is 10.00. The van der Waals surface area contributed by atoms with Crippen LogP contribution in [0.5, 0.6) is 5.75 Å². The molecule has 4 rings (SSSR count). The van der Waals surface area contributed by atoms with Crippen LogP contribution in [-0.4, -0.2) is 31.1 Å². The van der Waals surface area contributed by atoms with Crippen molar-refractivity contribution in [3.63, 3.8) is 0 Å². The molecule has 1 saturated heterocycles. The van der Waals surface area contributed by atoms with E-state index in [2.05, 4.69) is 10.6 Å². The van der Waals surface area contributed by atoms with E-state index in [1.165, 1.54) is 0 Å². The number of benzene rings is 2. The Morgan fingerprint density at radius 3 is 2.74 bits per heavy atom. The fourth-order valence-corrected chi connectivity index (χ4v) is 3.48. The van der Waals surface area contributed by atoms with Crippen LogP contribution < -0.4 is 15.4 Å². The molecule has 2 aromatic carbocycles. The second kappa shape index (κ2) is 7.80. The molecule has 2 aliphatic heterocycles. The number of fused-ring (bicyclic) bond motifs is 1. The zero-order valence-electron chi connectivity index (χ0n) is 14.9. The number of ether oxygens (including phenoxy) is 2. The molecule has 1 fully saturated rings. The van der Waals surface area contributed by atoms with Crippen molar-refractivity contribution in [1.82, 2.24) is 5.32 Å². The van der Waals surface area contributed by atoms with Gasteiger partial charge in [0.2, 0.25) is 0 Å². The summed E-state index contributed by atoms with van der Waals surface area (Å²) in [6.07, 6.45) is 1.95. The van der Waals surface area contributed by atoms with E-state index in [0.29, 0.717) is 24.5 Å². The molecule has 2 heterocycles. The van der Waals surface area contributed by atoms with E-state index in [-0.39, 0.29) is 17.9 Å². The predicted molar refractivity (Wildman–Crippen MR) is 101 cm³/mol. The molecule has 0 bridgehead atoms. The summed E-state index contributed by atoms with van der Waals surface area (Å²) >= 11 is 0. The van der Waals surface area contributed by atoms with Crippen LogP contribution in [0.3, 0.4) is 0 Å². The first-order valence-corrected chi connectivity index (χ1v) is 9.26. The lowest BCUT2D eigenvalue weighted by Gasteiger charge is -2.26. The van der Waals surface area contributed by atoms with Gasteiger partial charge in [-0.15, -0.1) is 0 Å². The third-order valence-electron chi connectivity index (χ3n) is 4.88. The van der Waals surface area contributed by atoms with Crippen LogP contribution in [0.4, 0.5) is 5.69 Å². The zero-order chi connectivity index (χ0) is 18.6. The fourth-order valence-electron chi connectivity index (χ4n) is 3.48. The molecular weight excluding hydrogens is 344 g/mol. The van der Waals surface area contributed by atoms with Gasteiger partial charge in [-0.2, -0.15) is 0 Å². The number of hydrogen-bond donors (Lipinski definition) is 2. The molecule has 6 nitrogen and oxygen atoms in total. The number of carbonyl (C=O) groups is 2. The number of para-hydroxylation sites is 1. The lowest BCUT2D eigenvalue weighted by Crippen LogP contribution is -2.32. The van der Waals surface area contributed by atoms with Crippen molar-refractivity contribution in [3.8, 4) is 5.75 Å². The van der Waals surface area contributed by atoms with Crippen LogP contribution in [0.2, 0.25) is 0 Å². The molecule has 2 amide bonds. The largest absolute Gasteiger partial charge is 0.493 e. The van der Waals surface area contributed by atoms with E-state index in [1.54, 1.807) is 24.3 Å². The van der Waals surface area contributed by atoms with Crippen molar-refractivity contribution in [2.24, 2.45) is 0 Å². The van der Waals surface area contributed by atoms with E-state index in [4.69, 9.17) is 9.47 Å². The highest BCUT2D eigenvalue weighted by molar-refractivity contribution is 5.98. The van der Waals surface area contributed by atoms with Crippen molar-refractivity contribution < 1.29 is 19.1 Å². The molecule has 0 radical (unpaired) electrons. The standard InChI is InChI=1S/C21H22N2O4/c24-20(23-17-10-12-27-18-8-2-1-7-16(17)18)14-5-3-6-15(13-14)22-21(25)19-9-4-11-26-19/h1-3,5-8,13,17,19H,4,9-12H2,(H,22,25)(H,23,24). The van der Waals surface area contributed by atoms with Crippen molar-refractivity contribution >= 4 is 17.5 Å². The average molecular weight is 366 g/mol. The van der Waals surface area contributed by atoms with Crippen LogP contribution in [0.15, 0.2) is 48.5 Å². The smallest absolute Gasteiger partial charge is 0.253 e. The summed E-state index contributed by atoms with van der Waals surface area (Å²) in [4.78, 5) is 24.9. The van der Waals surface area contributed by atoms with Crippen molar-refractivity contribution in [2.75, 3.05) is 18.5 Å². The van der Waals surface area contributed by atoms with Gasteiger partial charge in [-0.25, -0.2) is 0 Å². The molecule has 2 unspecified atom stereocenters. The topological polar surface area (TPSA) is 76.7 Å². The molecule has 6 heteroatoms. The normalized spacial score (nSPS) is 21.0. The minimum atomic E-state index is -0.402. The first kappa shape index (κ1) is 17.5. The minimum absolute atomic E-state index is 0.0902. The Labute approximate surface area is 157 Å². The Bertz CT molecular complexity index is 846. The number of amides is 2. The highest BCUT2D eigenvalue weighted by Crippen LogP contribution is 2.31. The first-order chi connectivity index (χ1) is 13.2. The van der Waals surface area contributed by atoms with Crippen LogP contribution in [0.25, 0.3) is 0 Å². The second-order valence-corrected chi connectivity index (χ2v) is 6.77. The lowest BCUT2D eigenvalue weighted by molar-refractivity contribution is -0.124. The molecule has 0 aromatic heterocycles. The van der Waals surface area contributed by atoms with Gasteiger partial charge in [0.1, 0.15) is 11.9 Å². The summed E-state index contributed by atoms with van der Waals surface area (Å²) in [7, 11) is 0. The predicted octanol–water partition coefficient (Wildman–Crippen LogP) is 3.06. The molecule has 0 spiro atoms. The van der Waals surface area contributed by atoms with Gasteiger partial charge in [-0.05, 0) is 37.1 Å². The maximum atomic E-state index is 12.7. The van der Waals surface area contributed by atoms with E-state index in [9.17, 15) is 9.59 Å². The molecule has 0 aliphatic carbocycles. The Kier molecular flexibility index (Phi) is 5.07. The summed E-state index contributed by atoms with van der Waals surface area (Å²) in [6, 6.07) is 14.6. The number of hydrogen-bond acceptors (Lipinski definition) is 4. The van der Waals surface area contributed by atoms with E-state index < -0.39 is 6.10 Å². The average Bonchev–Trinajstić information content (AvgIpc) is 3.23. The summed E-state index contributed by atoms with van der Waals surface area (Å²) in [5, 5.41) is 5.91. The van der Waals surface area contributed by atoms with E-state index in [1.807, 2.05) is 24.3 Å². The SMILES string of the molecule is O=C(NC1CCOc2ccccc21)c1cccc(NC(=O)C2CCCO2)c1. The summed E-state index contributed by atoms with van der Waals surface area (Å²) in [6.45, 7) is 1.19. The maximum Gasteiger partial charge on any atom is 0.253 e. The molecule has 27 heavy (non-hydrogen) atoms. The number of carbonyl (C=O) groups excluding carboxylic acids is 2. The summed E-state index contributed by atoms with van der Waals surface area (Å²) in [5.74, 6) is 0.472. The quantitative estimate of drug-likeness (QED) is 0.872. The Hall–Kier alpha value is -2.86. The molecule has 2 aromatic rings. The minimum Gasteiger partial charge on any atom is -0.493 e. The van der Waals surface area contributed by atoms with Gasteiger partial charge in [0, 0.05) is 29.8 Å². The van der Waals surface area contributed by atoms with Crippen molar-refractivity contribution in [2.45, 2.75) is 31.4 Å². The maximum absolute atomic E-state index is 12.7. The van der Waals surface area contributed by atoms with Gasteiger partial charge >= 0.3 is 0 Å². The fraction of sp³-hybridized carbons (Fsp3) is 0.333. The molecule has 2 aliphatic rings. The Balaban J connectivity index is 1.44. The Morgan fingerprint density at radius 1 is 1.00 bits per heavy atom. The van der Waals surface area contributed by atoms with Gasteiger partial charge < -0.3 is 20.1 Å². The molecule has 0 saturated carbocycles. The van der Waals surface area contributed by atoms with Crippen molar-refractivity contribution in [1.29, 1.82) is 0 Å². The van der Waals surface area contributed by atoms with Gasteiger partial charge in [0.15, 0.2) is 0 Å². The van der Waals surface area contributed by atoms with Gasteiger partial charge in [-0.1, -0.05) is 24.3 Å².